The highest BCUT2D eigenvalue weighted by molar-refractivity contribution is 7.18. The monoisotopic (exact) mass is 363 g/mol. The summed E-state index contributed by atoms with van der Waals surface area (Å²) in [5.74, 6) is 0. The van der Waals surface area contributed by atoms with Gasteiger partial charge in [-0.2, -0.15) is 0 Å². The van der Waals surface area contributed by atoms with E-state index in [4.69, 9.17) is 9.40 Å². The van der Waals surface area contributed by atoms with Gasteiger partial charge in [-0.3, -0.25) is 0 Å². The summed E-state index contributed by atoms with van der Waals surface area (Å²) in [5.41, 5.74) is 4.74. The molecular weight excluding hydrogens is 338 g/mol. The molecule has 0 saturated heterocycles. The number of hydrogen-bond acceptors (Lipinski definition) is 3. The Labute approximate surface area is 158 Å². The third-order valence-electron chi connectivity index (χ3n) is 4.95. The molecule has 0 aliphatic rings. The Bertz CT molecular complexity index is 1080. The van der Waals surface area contributed by atoms with E-state index in [1.165, 1.54) is 26.2 Å². The third-order valence-corrected chi connectivity index (χ3v) is 6.41. The van der Waals surface area contributed by atoms with Crippen molar-refractivity contribution in [3.05, 3.63) is 64.9 Å². The van der Waals surface area contributed by atoms with Crippen molar-refractivity contribution in [3.63, 3.8) is 0 Å². The summed E-state index contributed by atoms with van der Waals surface area (Å²) in [6, 6.07) is 15.0. The molecule has 0 bridgehead atoms. The summed E-state index contributed by atoms with van der Waals surface area (Å²) in [6.07, 6.45) is 2.87. The minimum Gasteiger partial charge on any atom is -0.464 e. The number of hydrogen-bond donors (Lipinski definition) is 0. The quantitative estimate of drug-likeness (QED) is 0.397. The second-order valence-electron chi connectivity index (χ2n) is 8.78. The highest BCUT2D eigenvalue weighted by atomic mass is 32.1. The second-order valence-corrected chi connectivity index (χ2v) is 9.81. The predicted molar refractivity (Wildman–Crippen MR) is 111 cm³/mol. The lowest BCUT2D eigenvalue weighted by Crippen LogP contribution is -2.20. The van der Waals surface area contributed by atoms with Crippen LogP contribution in [0.25, 0.3) is 21.2 Å². The molecule has 3 heteroatoms. The lowest BCUT2D eigenvalue weighted by Gasteiger charge is -2.24. The van der Waals surface area contributed by atoms with E-state index in [0.29, 0.717) is 0 Å². The zero-order valence-electron chi connectivity index (χ0n) is 16.1. The van der Waals surface area contributed by atoms with Crippen molar-refractivity contribution in [2.45, 2.75) is 51.9 Å². The molecule has 2 aromatic heterocycles. The molecule has 0 fully saturated rings. The van der Waals surface area contributed by atoms with Crippen molar-refractivity contribution in [2.75, 3.05) is 0 Å². The van der Waals surface area contributed by atoms with E-state index < -0.39 is 0 Å². The molecule has 0 atom stereocenters. The lowest BCUT2D eigenvalue weighted by atomic mass is 9.79. The molecular formula is C23H25NOS. The van der Waals surface area contributed by atoms with Crippen molar-refractivity contribution in [1.82, 2.24) is 4.98 Å². The fourth-order valence-electron chi connectivity index (χ4n) is 3.51. The highest BCUT2D eigenvalue weighted by Gasteiger charge is 2.26. The average molecular weight is 364 g/mol. The zero-order chi connectivity index (χ0) is 18.5. The lowest BCUT2D eigenvalue weighted by molar-refractivity contribution is 0.509. The molecule has 134 valence electrons. The Morgan fingerprint density at radius 2 is 1.77 bits per heavy atom. The molecule has 0 aliphatic carbocycles. The van der Waals surface area contributed by atoms with Gasteiger partial charge in [-0.15, -0.1) is 11.3 Å². The van der Waals surface area contributed by atoms with Gasteiger partial charge < -0.3 is 4.42 Å². The van der Waals surface area contributed by atoms with Crippen LogP contribution in [0.15, 0.2) is 53.1 Å². The summed E-state index contributed by atoms with van der Waals surface area (Å²) in [6.45, 7) is 11.2. The van der Waals surface area contributed by atoms with Gasteiger partial charge in [-0.1, -0.05) is 58.9 Å². The molecule has 0 saturated carbocycles. The van der Waals surface area contributed by atoms with Crippen molar-refractivity contribution < 1.29 is 4.42 Å². The van der Waals surface area contributed by atoms with Crippen LogP contribution in [0, 0.1) is 0 Å². The van der Waals surface area contributed by atoms with E-state index >= 15 is 0 Å². The maximum absolute atomic E-state index is 5.77. The first-order valence-corrected chi connectivity index (χ1v) is 9.92. The highest BCUT2D eigenvalue weighted by Crippen LogP contribution is 2.36. The van der Waals surface area contributed by atoms with E-state index in [-0.39, 0.29) is 10.8 Å². The van der Waals surface area contributed by atoms with E-state index in [0.717, 1.165) is 17.5 Å². The minimum absolute atomic E-state index is 0.0108. The molecule has 26 heavy (non-hydrogen) atoms. The number of rotatable bonds is 3. The van der Waals surface area contributed by atoms with E-state index in [1.54, 1.807) is 11.3 Å². The van der Waals surface area contributed by atoms with Crippen molar-refractivity contribution in [2.24, 2.45) is 0 Å². The Hall–Kier alpha value is -2.13. The Morgan fingerprint density at radius 3 is 2.54 bits per heavy atom. The molecule has 0 unspecified atom stereocenters. The first kappa shape index (κ1) is 17.3. The number of fused-ring (bicyclic) bond motifs is 2. The number of thiazole rings is 1. The van der Waals surface area contributed by atoms with Crippen molar-refractivity contribution in [1.29, 1.82) is 0 Å². The van der Waals surface area contributed by atoms with Gasteiger partial charge >= 0.3 is 0 Å². The van der Waals surface area contributed by atoms with Gasteiger partial charge in [-0.05, 0) is 35.6 Å². The smallest absolute Gasteiger partial charge is 0.134 e. The molecule has 2 heterocycles. The van der Waals surface area contributed by atoms with Crippen LogP contribution in [0.4, 0.5) is 0 Å². The van der Waals surface area contributed by atoms with Crippen LogP contribution in [0.2, 0.25) is 0 Å². The summed E-state index contributed by atoms with van der Waals surface area (Å²) in [5, 5.41) is 2.41. The summed E-state index contributed by atoms with van der Waals surface area (Å²) in [4.78, 5) is 4.89. The molecule has 2 aromatic carbocycles. The van der Waals surface area contributed by atoms with Gasteiger partial charge in [0.25, 0.3) is 0 Å². The van der Waals surface area contributed by atoms with Gasteiger partial charge in [0.1, 0.15) is 5.58 Å². The summed E-state index contributed by atoms with van der Waals surface area (Å²) in [7, 11) is 0. The standard InChI is InChI=1S/C23H25NOS/c1-22(2,3)21-24-18-12-15(10-11-20(18)26-21)13-23(4,5)17-14-25-19-9-7-6-8-16(17)19/h6-12,14H,13H2,1-5H3. The van der Waals surface area contributed by atoms with E-state index in [2.05, 4.69) is 65.0 Å². The number of nitrogens with zero attached hydrogens (tertiary/aromatic N) is 1. The van der Waals surface area contributed by atoms with Gasteiger partial charge in [0, 0.05) is 16.4 Å². The Kier molecular flexibility index (Phi) is 3.96. The molecule has 0 N–H and O–H groups in total. The van der Waals surface area contributed by atoms with Gasteiger partial charge in [-0.25, -0.2) is 4.98 Å². The molecule has 0 spiro atoms. The van der Waals surface area contributed by atoms with E-state index in [1.807, 2.05) is 18.4 Å². The van der Waals surface area contributed by atoms with Crippen LogP contribution in [0.5, 0.6) is 0 Å². The number of furan rings is 1. The minimum atomic E-state index is -0.0108. The Morgan fingerprint density at radius 1 is 1.00 bits per heavy atom. The summed E-state index contributed by atoms with van der Waals surface area (Å²) < 4.78 is 7.04. The zero-order valence-corrected chi connectivity index (χ0v) is 16.9. The number of benzene rings is 2. The number of aromatic nitrogens is 1. The average Bonchev–Trinajstić information content (AvgIpc) is 3.18. The first-order valence-electron chi connectivity index (χ1n) is 9.11. The van der Waals surface area contributed by atoms with Gasteiger partial charge in [0.15, 0.2) is 0 Å². The van der Waals surface area contributed by atoms with Gasteiger partial charge in [0.05, 0.1) is 21.5 Å². The van der Waals surface area contributed by atoms with Gasteiger partial charge in [0.2, 0.25) is 0 Å². The fraction of sp³-hybridized carbons (Fsp3) is 0.348. The summed E-state index contributed by atoms with van der Waals surface area (Å²) >= 11 is 1.80. The van der Waals surface area contributed by atoms with Crippen LogP contribution >= 0.6 is 11.3 Å². The molecule has 4 rings (SSSR count). The topological polar surface area (TPSA) is 26.0 Å². The van der Waals surface area contributed by atoms with Crippen LogP contribution in [-0.2, 0) is 17.3 Å². The normalized spacial score (nSPS) is 13.0. The maximum Gasteiger partial charge on any atom is 0.134 e. The molecule has 2 nitrogen and oxygen atoms in total. The largest absolute Gasteiger partial charge is 0.464 e. The third kappa shape index (κ3) is 3.05. The Balaban J connectivity index is 1.69. The molecule has 0 amide bonds. The molecule has 0 aliphatic heterocycles. The number of para-hydroxylation sites is 1. The van der Waals surface area contributed by atoms with E-state index in [9.17, 15) is 0 Å². The fourth-order valence-corrected chi connectivity index (χ4v) is 4.51. The maximum atomic E-state index is 5.77. The van der Waals surface area contributed by atoms with Crippen LogP contribution < -0.4 is 0 Å². The first-order chi connectivity index (χ1) is 12.2. The molecule has 4 aromatic rings. The SMILES string of the molecule is CC(C)(C)c1nc2cc(CC(C)(C)c3coc4ccccc34)ccc2s1. The van der Waals surface area contributed by atoms with Crippen molar-refractivity contribution >= 4 is 32.5 Å². The molecule has 0 radical (unpaired) electrons. The van der Waals surface area contributed by atoms with Crippen LogP contribution in [-0.4, -0.2) is 4.98 Å². The second kappa shape index (κ2) is 5.95. The predicted octanol–water partition coefficient (Wildman–Crippen LogP) is 6.86. The van der Waals surface area contributed by atoms with Crippen molar-refractivity contribution in [3.8, 4) is 0 Å². The van der Waals surface area contributed by atoms with Crippen LogP contribution in [0.1, 0.15) is 50.8 Å². The van der Waals surface area contributed by atoms with Crippen LogP contribution in [0.3, 0.4) is 0 Å².